The largest absolute Gasteiger partial charge is 0.398 e. The van der Waals surface area contributed by atoms with E-state index in [1.807, 2.05) is 84.9 Å². The highest BCUT2D eigenvalue weighted by atomic mass is 35.5. The van der Waals surface area contributed by atoms with Gasteiger partial charge in [0.05, 0.1) is 70.0 Å². The van der Waals surface area contributed by atoms with Crippen LogP contribution in [0, 0.1) is 22.7 Å². The van der Waals surface area contributed by atoms with Gasteiger partial charge in [-0.3, -0.25) is 9.80 Å². The van der Waals surface area contributed by atoms with Crippen LogP contribution < -0.4 is 11.1 Å². The molecule has 2 aliphatic rings. The van der Waals surface area contributed by atoms with Crippen LogP contribution in [0.25, 0.3) is 0 Å². The van der Waals surface area contributed by atoms with Crippen molar-refractivity contribution in [2.75, 3.05) is 63.7 Å². The fourth-order valence-corrected chi connectivity index (χ4v) is 8.84. The number of rotatable bonds is 20. The van der Waals surface area contributed by atoms with Crippen LogP contribution in [0.15, 0.2) is 146 Å². The lowest BCUT2D eigenvalue weighted by Gasteiger charge is -2.30. The number of aliphatic hydroxyl groups excluding tert-OH is 1. The van der Waals surface area contributed by atoms with Gasteiger partial charge < -0.3 is 35.1 Å². The van der Waals surface area contributed by atoms with Crippen molar-refractivity contribution in [3.63, 3.8) is 0 Å². The number of hydrogen-bond donors (Lipinski definition) is 3. The van der Waals surface area contributed by atoms with Gasteiger partial charge in [-0.15, -0.1) is 0 Å². The van der Waals surface area contributed by atoms with Gasteiger partial charge in [-0.1, -0.05) is 131 Å². The van der Waals surface area contributed by atoms with Crippen LogP contribution in [0.3, 0.4) is 0 Å². The van der Waals surface area contributed by atoms with E-state index in [0.29, 0.717) is 63.2 Å². The van der Waals surface area contributed by atoms with Gasteiger partial charge in [0, 0.05) is 62.5 Å². The van der Waals surface area contributed by atoms with E-state index in [9.17, 15) is 10.4 Å². The second kappa shape index (κ2) is 31.5. The number of nitrogen functional groups attached to an aromatic ring is 1. The Morgan fingerprint density at radius 2 is 1.08 bits per heavy atom. The molecule has 0 saturated carbocycles. The molecule has 2 saturated heterocycles. The van der Waals surface area contributed by atoms with Gasteiger partial charge in [-0.05, 0) is 121 Å². The lowest BCUT2D eigenvalue weighted by Crippen LogP contribution is -2.35. The Bertz CT molecular complexity index is 2610. The molecule has 2 unspecified atom stereocenters. The number of benzene rings is 6. The lowest BCUT2D eigenvalue weighted by molar-refractivity contribution is -0.164. The standard InChI is InChI=1S/C29H31Cl2N3O2.C22H28ClNO3.C7H5ClN2/c30-25-12-10-24(11-13-25)28(33-27-14-9-23(19-32)18-26(27)31)21-34(20-22-6-2-1-3-7-22)15-17-36-29-8-4-5-16-35-29;23-20-11-9-19(10-12-20)21(25)17-24(16-18-6-2-1-3-7-18)13-15-27-22-8-4-5-14-26-22;8-6-3-5(4-9)1-2-7(6)10/h1-3,6-7,9-14,18,28-29,33H,4-5,8,15-17,20-21H2;1-3,6-7,9-12,21-22,25H,4-5,8,13-17H2;1-3H,10H2/t28-,29?;21-,22?;/m00./s1. The van der Waals surface area contributed by atoms with E-state index < -0.39 is 6.10 Å². The Hall–Kier alpha value is -5.22. The first-order chi connectivity index (χ1) is 35.5. The first-order valence-electron chi connectivity index (χ1n) is 24.6. The summed E-state index contributed by atoms with van der Waals surface area (Å²) < 4.78 is 23.3. The zero-order chi connectivity index (χ0) is 51.6. The molecule has 73 heavy (non-hydrogen) atoms. The molecular formula is C58H64Cl4N6O5. The molecule has 0 bridgehead atoms. The van der Waals surface area contributed by atoms with Crippen molar-refractivity contribution in [1.82, 2.24) is 9.80 Å². The number of ether oxygens (including phenoxy) is 4. The Labute approximate surface area is 450 Å². The van der Waals surface area contributed by atoms with E-state index >= 15 is 0 Å². The molecule has 8 rings (SSSR count). The molecule has 384 valence electrons. The fraction of sp³-hybridized carbons (Fsp3) is 0.345. The molecule has 0 radical (unpaired) electrons. The highest BCUT2D eigenvalue weighted by Gasteiger charge is 2.21. The third-order valence-corrected chi connectivity index (χ3v) is 13.3. The number of hydrogen-bond acceptors (Lipinski definition) is 11. The predicted octanol–water partition coefficient (Wildman–Crippen LogP) is 13.3. The summed E-state index contributed by atoms with van der Waals surface area (Å²) in [4.78, 5) is 4.60. The number of nitrogens with one attached hydrogen (secondary N) is 1. The quantitative estimate of drug-likeness (QED) is 0.0627. The zero-order valence-corrected chi connectivity index (χ0v) is 44.0. The smallest absolute Gasteiger partial charge is 0.157 e. The average molecular weight is 1070 g/mol. The summed E-state index contributed by atoms with van der Waals surface area (Å²) >= 11 is 24.3. The van der Waals surface area contributed by atoms with E-state index in [-0.39, 0.29) is 18.6 Å². The third-order valence-electron chi connectivity index (χ3n) is 12.2. The van der Waals surface area contributed by atoms with Gasteiger partial charge in [-0.25, -0.2) is 0 Å². The minimum absolute atomic E-state index is 0.0673. The summed E-state index contributed by atoms with van der Waals surface area (Å²) in [6.45, 7) is 7.00. The lowest BCUT2D eigenvalue weighted by atomic mass is 10.0. The van der Waals surface area contributed by atoms with Crippen LogP contribution in [0.5, 0.6) is 0 Å². The molecule has 4 N–H and O–H groups in total. The monoisotopic (exact) mass is 1060 g/mol. The Balaban J connectivity index is 0.000000205. The fourth-order valence-electron chi connectivity index (χ4n) is 8.17. The maximum Gasteiger partial charge on any atom is 0.157 e. The number of nitrogens with zero attached hydrogens (tertiary/aromatic N) is 4. The molecule has 0 aliphatic carbocycles. The summed E-state index contributed by atoms with van der Waals surface area (Å²) in [5, 5.41) is 34.2. The van der Waals surface area contributed by atoms with Crippen molar-refractivity contribution in [1.29, 1.82) is 10.5 Å². The molecule has 0 aromatic heterocycles. The Kier molecular flexibility index (Phi) is 24.6. The summed E-state index contributed by atoms with van der Waals surface area (Å²) in [7, 11) is 0. The number of anilines is 2. The minimum Gasteiger partial charge on any atom is -0.398 e. The first-order valence-corrected chi connectivity index (χ1v) is 26.2. The van der Waals surface area contributed by atoms with Crippen molar-refractivity contribution in [3.8, 4) is 12.1 Å². The molecule has 6 aromatic rings. The van der Waals surface area contributed by atoms with Crippen LogP contribution in [0.1, 0.15) is 84.1 Å². The molecule has 0 amide bonds. The predicted molar refractivity (Wildman–Crippen MR) is 293 cm³/mol. The SMILES string of the molecule is N#Cc1ccc(N)c(Cl)c1.N#Cc1ccc(N[C@@H](CN(CCOC2CCCCO2)Cc2ccccc2)c2ccc(Cl)cc2)c(Cl)c1.O[C@@H](CN(CCOC1CCCCO1)Cc1ccccc1)c1ccc(Cl)cc1. The molecule has 2 aliphatic heterocycles. The van der Waals surface area contributed by atoms with Crippen molar-refractivity contribution in [3.05, 3.63) is 199 Å². The van der Waals surface area contributed by atoms with Crippen LogP contribution in [-0.2, 0) is 32.0 Å². The Morgan fingerprint density at radius 3 is 1.55 bits per heavy atom. The molecule has 2 fully saturated rings. The summed E-state index contributed by atoms with van der Waals surface area (Å²) in [6.07, 6.45) is 5.67. The number of nitriles is 2. The number of halogens is 4. The second-order valence-electron chi connectivity index (χ2n) is 17.7. The minimum atomic E-state index is -0.572. The van der Waals surface area contributed by atoms with E-state index in [0.717, 1.165) is 94.7 Å². The van der Waals surface area contributed by atoms with E-state index in [2.05, 4.69) is 57.6 Å². The Morgan fingerprint density at radius 1 is 0.603 bits per heavy atom. The van der Waals surface area contributed by atoms with Crippen LogP contribution >= 0.6 is 46.4 Å². The van der Waals surface area contributed by atoms with Gasteiger partial charge in [0.25, 0.3) is 0 Å². The molecule has 15 heteroatoms. The summed E-state index contributed by atoms with van der Waals surface area (Å²) in [6, 6.07) is 50.1. The maximum atomic E-state index is 10.7. The number of nitrogens with two attached hydrogens (primary N) is 1. The normalized spacial score (nSPS) is 16.2. The van der Waals surface area contributed by atoms with Gasteiger partial charge in [0.15, 0.2) is 12.6 Å². The second-order valence-corrected chi connectivity index (χ2v) is 19.4. The molecule has 0 spiro atoms. The molecule has 2 heterocycles. The van der Waals surface area contributed by atoms with Crippen molar-refractivity contribution in [2.24, 2.45) is 0 Å². The van der Waals surface area contributed by atoms with Crippen LogP contribution in [0.2, 0.25) is 20.1 Å². The summed E-state index contributed by atoms with van der Waals surface area (Å²) in [5.41, 5.74) is 12.2. The van der Waals surface area contributed by atoms with E-state index in [4.69, 9.17) is 76.3 Å². The van der Waals surface area contributed by atoms with Crippen molar-refractivity contribution < 1.29 is 24.1 Å². The average Bonchev–Trinajstić information content (AvgIpc) is 3.41. The van der Waals surface area contributed by atoms with Gasteiger partial charge in [0.1, 0.15) is 0 Å². The highest BCUT2D eigenvalue weighted by Crippen LogP contribution is 2.30. The summed E-state index contributed by atoms with van der Waals surface area (Å²) in [5.74, 6) is 0. The van der Waals surface area contributed by atoms with Gasteiger partial charge in [-0.2, -0.15) is 10.5 Å². The van der Waals surface area contributed by atoms with Crippen molar-refractivity contribution in [2.45, 2.75) is 76.3 Å². The maximum absolute atomic E-state index is 10.7. The molecule has 6 aromatic carbocycles. The first kappa shape index (κ1) is 57.1. The topological polar surface area (TPSA) is 149 Å². The van der Waals surface area contributed by atoms with Gasteiger partial charge in [0.2, 0.25) is 0 Å². The van der Waals surface area contributed by atoms with E-state index in [1.165, 1.54) is 17.2 Å². The van der Waals surface area contributed by atoms with E-state index in [1.54, 1.807) is 24.3 Å². The highest BCUT2D eigenvalue weighted by molar-refractivity contribution is 6.33. The van der Waals surface area contributed by atoms with Crippen LogP contribution in [-0.4, -0.2) is 80.1 Å². The van der Waals surface area contributed by atoms with Crippen LogP contribution in [0.4, 0.5) is 11.4 Å². The third kappa shape index (κ3) is 20.5. The number of aliphatic hydroxyl groups is 1. The molecule has 11 nitrogen and oxygen atoms in total. The molecule has 4 atom stereocenters. The zero-order valence-electron chi connectivity index (χ0n) is 40.9. The van der Waals surface area contributed by atoms with Gasteiger partial charge >= 0.3 is 0 Å². The van der Waals surface area contributed by atoms with Crippen molar-refractivity contribution >= 4 is 57.8 Å². The molecular weight excluding hydrogens is 1000 g/mol.